The van der Waals surface area contributed by atoms with Gasteiger partial charge in [-0.15, -0.1) is 0 Å². The van der Waals surface area contributed by atoms with Gasteiger partial charge in [-0.3, -0.25) is 0 Å². The molecular weight excluding hydrogens is 304 g/mol. The van der Waals surface area contributed by atoms with Crippen LogP contribution in [0.5, 0.6) is 0 Å². The van der Waals surface area contributed by atoms with Crippen LogP contribution in [0.3, 0.4) is 0 Å². The molecule has 1 unspecified atom stereocenters. The van der Waals surface area contributed by atoms with Gasteiger partial charge in [-0.05, 0) is 54.9 Å². The number of halogens is 3. The van der Waals surface area contributed by atoms with Gasteiger partial charge in [0.2, 0.25) is 0 Å². The lowest BCUT2D eigenvalue weighted by Crippen LogP contribution is -2.20. The summed E-state index contributed by atoms with van der Waals surface area (Å²) in [7, 11) is 1.70. The van der Waals surface area contributed by atoms with Crippen molar-refractivity contribution >= 4 is 15.9 Å². The summed E-state index contributed by atoms with van der Waals surface area (Å²) in [6.45, 7) is 3.18. The molecule has 0 saturated heterocycles. The molecule has 0 bridgehead atoms. The van der Waals surface area contributed by atoms with Crippen LogP contribution in [0.15, 0.2) is 16.6 Å². The summed E-state index contributed by atoms with van der Waals surface area (Å²) in [5, 5.41) is 2.95. The number of ether oxygens (including phenoxy) is 1. The van der Waals surface area contributed by atoms with Crippen molar-refractivity contribution in [1.29, 1.82) is 0 Å². The summed E-state index contributed by atoms with van der Waals surface area (Å²) in [5.41, 5.74) is 0.0865. The SMILES string of the molecule is CCOCCCC(NC)c1c(F)ccc(Br)c1F. The highest BCUT2D eigenvalue weighted by molar-refractivity contribution is 9.10. The van der Waals surface area contributed by atoms with Crippen molar-refractivity contribution in [3.63, 3.8) is 0 Å². The van der Waals surface area contributed by atoms with E-state index >= 15 is 0 Å². The van der Waals surface area contributed by atoms with Gasteiger partial charge >= 0.3 is 0 Å². The number of benzene rings is 1. The Labute approximate surface area is 115 Å². The molecule has 1 aromatic rings. The first-order chi connectivity index (χ1) is 8.61. The summed E-state index contributed by atoms with van der Waals surface area (Å²) in [5.74, 6) is -1.06. The Morgan fingerprint density at radius 1 is 1.39 bits per heavy atom. The van der Waals surface area contributed by atoms with Crippen molar-refractivity contribution in [3.8, 4) is 0 Å². The zero-order chi connectivity index (χ0) is 13.5. The van der Waals surface area contributed by atoms with E-state index in [1.165, 1.54) is 12.1 Å². The van der Waals surface area contributed by atoms with E-state index < -0.39 is 11.6 Å². The van der Waals surface area contributed by atoms with Crippen molar-refractivity contribution in [2.24, 2.45) is 0 Å². The Bertz CT molecular complexity index is 387. The molecule has 5 heteroatoms. The molecule has 0 radical (unpaired) electrons. The van der Waals surface area contributed by atoms with Crippen molar-refractivity contribution < 1.29 is 13.5 Å². The molecule has 18 heavy (non-hydrogen) atoms. The van der Waals surface area contributed by atoms with Crippen molar-refractivity contribution in [2.75, 3.05) is 20.3 Å². The average Bonchev–Trinajstić information content (AvgIpc) is 2.37. The molecule has 0 fully saturated rings. The topological polar surface area (TPSA) is 21.3 Å². The molecule has 0 aliphatic carbocycles. The summed E-state index contributed by atoms with van der Waals surface area (Å²) < 4.78 is 33.1. The smallest absolute Gasteiger partial charge is 0.145 e. The van der Waals surface area contributed by atoms with Gasteiger partial charge in [-0.2, -0.15) is 0 Å². The number of hydrogen-bond acceptors (Lipinski definition) is 2. The minimum atomic E-state index is -0.536. The maximum Gasteiger partial charge on any atom is 0.145 e. The molecule has 0 saturated carbocycles. The van der Waals surface area contributed by atoms with Crippen molar-refractivity contribution in [1.82, 2.24) is 5.32 Å². The third-order valence-corrected chi connectivity index (χ3v) is 3.37. The fraction of sp³-hybridized carbons (Fsp3) is 0.538. The van der Waals surface area contributed by atoms with E-state index in [9.17, 15) is 8.78 Å². The normalized spacial score (nSPS) is 12.7. The summed E-state index contributed by atoms with van der Waals surface area (Å²) >= 11 is 3.08. The zero-order valence-electron chi connectivity index (χ0n) is 10.6. The molecule has 0 aliphatic rings. The second-order valence-electron chi connectivity index (χ2n) is 3.94. The quantitative estimate of drug-likeness (QED) is 0.609. The number of hydrogen-bond donors (Lipinski definition) is 1. The predicted molar refractivity (Wildman–Crippen MR) is 71.6 cm³/mol. The van der Waals surface area contributed by atoms with Crippen LogP contribution in [-0.4, -0.2) is 20.3 Å². The van der Waals surface area contributed by atoms with Gasteiger partial charge in [0.1, 0.15) is 11.6 Å². The molecule has 0 heterocycles. The molecule has 2 nitrogen and oxygen atoms in total. The number of nitrogens with one attached hydrogen (secondary N) is 1. The Kier molecular flexibility index (Phi) is 6.75. The Morgan fingerprint density at radius 3 is 2.72 bits per heavy atom. The van der Waals surface area contributed by atoms with Crippen LogP contribution >= 0.6 is 15.9 Å². The molecule has 102 valence electrons. The van der Waals surface area contributed by atoms with Crippen molar-refractivity contribution in [2.45, 2.75) is 25.8 Å². The van der Waals surface area contributed by atoms with E-state index in [1.54, 1.807) is 7.05 Å². The maximum atomic E-state index is 13.9. The highest BCUT2D eigenvalue weighted by Crippen LogP contribution is 2.28. The van der Waals surface area contributed by atoms with E-state index in [0.717, 1.165) is 6.42 Å². The minimum absolute atomic E-state index is 0.0865. The molecule has 0 aromatic heterocycles. The van der Waals surface area contributed by atoms with Crippen LogP contribution < -0.4 is 5.32 Å². The number of rotatable bonds is 7. The Balaban J connectivity index is 2.78. The molecule has 0 aliphatic heterocycles. The molecular formula is C13H18BrF2NO. The van der Waals surface area contributed by atoms with Crippen LogP contribution in [0.1, 0.15) is 31.4 Å². The lowest BCUT2D eigenvalue weighted by atomic mass is 10.0. The molecule has 0 spiro atoms. The second-order valence-corrected chi connectivity index (χ2v) is 4.79. The predicted octanol–water partition coefficient (Wildman–Crippen LogP) is 3.80. The van der Waals surface area contributed by atoms with Gasteiger partial charge in [0, 0.05) is 24.8 Å². The van der Waals surface area contributed by atoms with E-state index in [2.05, 4.69) is 21.2 Å². The maximum absolute atomic E-state index is 13.9. The highest BCUT2D eigenvalue weighted by atomic mass is 79.9. The standard InChI is InChI=1S/C13H18BrF2NO/c1-3-18-8-4-5-11(17-2)12-10(15)7-6-9(14)13(12)16/h6-7,11,17H,3-5,8H2,1-2H3. The first-order valence-electron chi connectivity index (χ1n) is 6.00. The third-order valence-electron chi connectivity index (χ3n) is 2.76. The molecule has 1 rings (SSSR count). The Hall–Kier alpha value is -0.520. The summed E-state index contributed by atoms with van der Waals surface area (Å²) in [6.07, 6.45) is 1.38. The van der Waals surface area contributed by atoms with Crippen LogP contribution in [0.2, 0.25) is 0 Å². The van der Waals surface area contributed by atoms with Crippen LogP contribution in [-0.2, 0) is 4.74 Å². The van der Waals surface area contributed by atoms with Crippen LogP contribution in [0.4, 0.5) is 8.78 Å². The first kappa shape index (κ1) is 15.5. The Morgan fingerprint density at radius 2 is 2.11 bits per heavy atom. The summed E-state index contributed by atoms with van der Waals surface area (Å²) in [6, 6.07) is 2.30. The van der Waals surface area contributed by atoms with E-state index in [0.29, 0.717) is 19.6 Å². The van der Waals surface area contributed by atoms with Gasteiger partial charge in [0.05, 0.1) is 4.47 Å². The highest BCUT2D eigenvalue weighted by Gasteiger charge is 2.20. The van der Waals surface area contributed by atoms with Gasteiger partial charge in [-0.25, -0.2) is 8.78 Å². The fourth-order valence-corrected chi connectivity index (χ4v) is 2.17. The van der Waals surface area contributed by atoms with Gasteiger partial charge in [0.15, 0.2) is 0 Å². The van der Waals surface area contributed by atoms with Gasteiger partial charge in [-0.1, -0.05) is 0 Å². The third kappa shape index (κ3) is 4.00. The van der Waals surface area contributed by atoms with Gasteiger partial charge in [0.25, 0.3) is 0 Å². The molecule has 1 aromatic carbocycles. The minimum Gasteiger partial charge on any atom is -0.382 e. The largest absolute Gasteiger partial charge is 0.382 e. The van der Waals surface area contributed by atoms with Gasteiger partial charge < -0.3 is 10.1 Å². The van der Waals surface area contributed by atoms with E-state index in [1.807, 2.05) is 6.92 Å². The molecule has 1 atom stereocenters. The van der Waals surface area contributed by atoms with E-state index in [4.69, 9.17) is 4.74 Å². The van der Waals surface area contributed by atoms with Crippen LogP contribution in [0, 0.1) is 11.6 Å². The average molecular weight is 322 g/mol. The van der Waals surface area contributed by atoms with Crippen molar-refractivity contribution in [3.05, 3.63) is 33.8 Å². The van der Waals surface area contributed by atoms with Crippen LogP contribution in [0.25, 0.3) is 0 Å². The van der Waals surface area contributed by atoms with E-state index in [-0.39, 0.29) is 16.1 Å². The molecule has 0 amide bonds. The monoisotopic (exact) mass is 321 g/mol. The second kappa shape index (κ2) is 7.81. The zero-order valence-corrected chi connectivity index (χ0v) is 12.2. The first-order valence-corrected chi connectivity index (χ1v) is 6.79. The fourth-order valence-electron chi connectivity index (χ4n) is 1.83. The summed E-state index contributed by atoms with van der Waals surface area (Å²) in [4.78, 5) is 0. The molecule has 1 N–H and O–H groups in total. The lowest BCUT2D eigenvalue weighted by molar-refractivity contribution is 0.141. The lowest BCUT2D eigenvalue weighted by Gasteiger charge is -2.18.